The van der Waals surface area contributed by atoms with Crippen molar-refractivity contribution >= 4 is 0 Å². The molecule has 52 valence electrons. The molecule has 2 aliphatic rings. The zero-order valence-electron chi connectivity index (χ0n) is 5.89. The topological polar surface area (TPSA) is 12.5 Å². The van der Waals surface area contributed by atoms with E-state index < -0.39 is 0 Å². The molecule has 0 spiro atoms. The Labute approximate surface area is 55.8 Å². The summed E-state index contributed by atoms with van der Waals surface area (Å²) < 4.78 is 5.34. The number of hydrogen-bond donors (Lipinski definition) is 0. The molecule has 2 rings (SSSR count). The van der Waals surface area contributed by atoms with E-state index in [2.05, 4.69) is 11.8 Å². The molecule has 0 bridgehead atoms. The summed E-state index contributed by atoms with van der Waals surface area (Å²) in [6.07, 6.45) is 2.69. The summed E-state index contributed by atoms with van der Waals surface area (Å²) in [5.74, 6) is 0. The van der Waals surface area contributed by atoms with Gasteiger partial charge in [0.05, 0.1) is 13.3 Å². The first-order chi connectivity index (χ1) is 4.31. The number of nitrogens with zero attached hydrogens (tertiary/aromatic N) is 1. The van der Waals surface area contributed by atoms with Crippen LogP contribution in [0.5, 0.6) is 0 Å². The SMILES string of the molecule is CC12CCCN1COC2. The van der Waals surface area contributed by atoms with Gasteiger partial charge in [0.2, 0.25) is 0 Å². The van der Waals surface area contributed by atoms with Gasteiger partial charge in [-0.3, -0.25) is 4.90 Å². The first-order valence-corrected chi connectivity index (χ1v) is 3.64. The number of ether oxygens (including phenoxy) is 1. The van der Waals surface area contributed by atoms with Gasteiger partial charge in [-0.25, -0.2) is 0 Å². The summed E-state index contributed by atoms with van der Waals surface area (Å²) in [7, 11) is 0. The summed E-state index contributed by atoms with van der Waals surface area (Å²) in [5.41, 5.74) is 0.417. The highest BCUT2D eigenvalue weighted by Gasteiger charge is 2.40. The molecule has 2 saturated heterocycles. The highest BCUT2D eigenvalue weighted by atomic mass is 16.5. The van der Waals surface area contributed by atoms with E-state index in [1.165, 1.54) is 19.4 Å². The van der Waals surface area contributed by atoms with Gasteiger partial charge in [-0.2, -0.15) is 0 Å². The van der Waals surface area contributed by atoms with Crippen molar-refractivity contribution in [3.05, 3.63) is 0 Å². The van der Waals surface area contributed by atoms with Gasteiger partial charge in [-0.15, -0.1) is 0 Å². The lowest BCUT2D eigenvalue weighted by molar-refractivity contribution is 0.142. The fourth-order valence-corrected chi connectivity index (χ4v) is 1.84. The highest BCUT2D eigenvalue weighted by molar-refractivity contribution is 4.93. The van der Waals surface area contributed by atoms with Crippen LogP contribution in [0.2, 0.25) is 0 Å². The van der Waals surface area contributed by atoms with Crippen LogP contribution in [0.15, 0.2) is 0 Å². The van der Waals surface area contributed by atoms with Gasteiger partial charge < -0.3 is 4.74 Å². The van der Waals surface area contributed by atoms with E-state index in [9.17, 15) is 0 Å². The second kappa shape index (κ2) is 1.70. The van der Waals surface area contributed by atoms with E-state index in [4.69, 9.17) is 4.74 Å². The van der Waals surface area contributed by atoms with Crippen molar-refractivity contribution in [2.45, 2.75) is 25.3 Å². The minimum Gasteiger partial charge on any atom is -0.364 e. The molecule has 0 aliphatic carbocycles. The molecule has 2 heteroatoms. The third kappa shape index (κ3) is 0.700. The minimum atomic E-state index is 0.417. The Morgan fingerprint density at radius 2 is 2.44 bits per heavy atom. The predicted octanol–water partition coefficient (Wildman–Crippen LogP) is 0.829. The molecule has 2 aliphatic heterocycles. The zero-order valence-corrected chi connectivity index (χ0v) is 5.89. The second-order valence-corrected chi connectivity index (χ2v) is 3.34. The first kappa shape index (κ1) is 5.69. The molecule has 0 aromatic rings. The van der Waals surface area contributed by atoms with E-state index in [1.54, 1.807) is 0 Å². The molecule has 1 unspecified atom stereocenters. The van der Waals surface area contributed by atoms with Crippen LogP contribution in [0.4, 0.5) is 0 Å². The molecule has 2 fully saturated rings. The molecule has 9 heavy (non-hydrogen) atoms. The molecule has 0 aromatic heterocycles. The largest absolute Gasteiger partial charge is 0.364 e. The standard InChI is InChI=1S/C7H13NO/c1-7-3-2-4-8(7)6-9-5-7/h2-6H2,1H3. The van der Waals surface area contributed by atoms with Crippen LogP contribution in [-0.4, -0.2) is 30.3 Å². The van der Waals surface area contributed by atoms with Crippen LogP contribution in [0, 0.1) is 0 Å². The van der Waals surface area contributed by atoms with Crippen LogP contribution in [0.3, 0.4) is 0 Å². The maximum Gasteiger partial charge on any atom is 0.0996 e. The van der Waals surface area contributed by atoms with Crippen LogP contribution >= 0.6 is 0 Å². The summed E-state index contributed by atoms with van der Waals surface area (Å²) in [5, 5.41) is 0. The van der Waals surface area contributed by atoms with Crippen LogP contribution in [0.25, 0.3) is 0 Å². The van der Waals surface area contributed by atoms with Gasteiger partial charge in [-0.1, -0.05) is 0 Å². The molecule has 2 heterocycles. The number of fused-ring (bicyclic) bond motifs is 1. The van der Waals surface area contributed by atoms with Crippen molar-refractivity contribution in [2.75, 3.05) is 19.9 Å². The average Bonchev–Trinajstić information content (AvgIpc) is 2.22. The fraction of sp³-hybridized carbons (Fsp3) is 1.00. The lowest BCUT2D eigenvalue weighted by Crippen LogP contribution is -2.36. The highest BCUT2D eigenvalue weighted by Crippen LogP contribution is 2.32. The predicted molar refractivity (Wildman–Crippen MR) is 35.2 cm³/mol. The van der Waals surface area contributed by atoms with Gasteiger partial charge >= 0.3 is 0 Å². The van der Waals surface area contributed by atoms with Crippen molar-refractivity contribution in [3.8, 4) is 0 Å². The van der Waals surface area contributed by atoms with Crippen molar-refractivity contribution < 1.29 is 4.74 Å². The Morgan fingerprint density at radius 1 is 1.56 bits per heavy atom. The van der Waals surface area contributed by atoms with Gasteiger partial charge in [0.25, 0.3) is 0 Å². The van der Waals surface area contributed by atoms with E-state index in [0.717, 1.165) is 13.3 Å². The lowest BCUT2D eigenvalue weighted by atomic mass is 10.0. The van der Waals surface area contributed by atoms with Crippen LogP contribution < -0.4 is 0 Å². The minimum absolute atomic E-state index is 0.417. The number of rotatable bonds is 0. The normalized spacial score (nSPS) is 43.7. The zero-order chi connectivity index (χ0) is 6.32. The summed E-state index contributed by atoms with van der Waals surface area (Å²) in [4.78, 5) is 2.44. The van der Waals surface area contributed by atoms with Gasteiger partial charge in [0.1, 0.15) is 0 Å². The molecule has 0 saturated carbocycles. The van der Waals surface area contributed by atoms with Crippen molar-refractivity contribution in [3.63, 3.8) is 0 Å². The molecule has 0 N–H and O–H groups in total. The molecule has 1 atom stereocenters. The second-order valence-electron chi connectivity index (χ2n) is 3.34. The monoisotopic (exact) mass is 127 g/mol. The van der Waals surface area contributed by atoms with Crippen LogP contribution in [-0.2, 0) is 4.74 Å². The average molecular weight is 127 g/mol. The third-order valence-corrected chi connectivity index (χ3v) is 2.57. The van der Waals surface area contributed by atoms with Gasteiger partial charge in [0.15, 0.2) is 0 Å². The quantitative estimate of drug-likeness (QED) is 0.478. The van der Waals surface area contributed by atoms with Crippen LogP contribution in [0.1, 0.15) is 19.8 Å². The van der Waals surface area contributed by atoms with Gasteiger partial charge in [-0.05, 0) is 19.8 Å². The molecule has 2 nitrogen and oxygen atoms in total. The Bertz CT molecular complexity index is 114. The van der Waals surface area contributed by atoms with Crippen molar-refractivity contribution in [1.82, 2.24) is 4.90 Å². The fourth-order valence-electron chi connectivity index (χ4n) is 1.84. The maximum atomic E-state index is 5.34. The molecule has 0 aromatic carbocycles. The molecular weight excluding hydrogens is 114 g/mol. The number of hydrogen-bond acceptors (Lipinski definition) is 2. The molecule has 0 radical (unpaired) electrons. The Hall–Kier alpha value is -0.0800. The summed E-state index contributed by atoms with van der Waals surface area (Å²) in [6.45, 7) is 5.37. The van der Waals surface area contributed by atoms with Gasteiger partial charge in [0, 0.05) is 12.1 Å². The first-order valence-electron chi connectivity index (χ1n) is 3.64. The van der Waals surface area contributed by atoms with E-state index >= 15 is 0 Å². The smallest absolute Gasteiger partial charge is 0.0996 e. The van der Waals surface area contributed by atoms with E-state index in [1.807, 2.05) is 0 Å². The Morgan fingerprint density at radius 3 is 3.22 bits per heavy atom. The summed E-state index contributed by atoms with van der Waals surface area (Å²) >= 11 is 0. The van der Waals surface area contributed by atoms with E-state index in [0.29, 0.717) is 5.54 Å². The molecule has 0 amide bonds. The summed E-state index contributed by atoms with van der Waals surface area (Å²) in [6, 6.07) is 0. The molecular formula is C7H13NO. The third-order valence-electron chi connectivity index (χ3n) is 2.57. The van der Waals surface area contributed by atoms with Crippen molar-refractivity contribution in [2.24, 2.45) is 0 Å². The maximum absolute atomic E-state index is 5.34. The van der Waals surface area contributed by atoms with Crippen molar-refractivity contribution in [1.29, 1.82) is 0 Å². The Kier molecular flexibility index (Phi) is 1.08. The van der Waals surface area contributed by atoms with E-state index in [-0.39, 0.29) is 0 Å². The lowest BCUT2D eigenvalue weighted by Gasteiger charge is -2.23. The Balaban J connectivity index is 2.17.